The molecule has 0 atom stereocenters. The van der Waals surface area contributed by atoms with E-state index >= 15 is 0 Å². The van der Waals surface area contributed by atoms with Crippen LogP contribution in [-0.2, 0) is 6.42 Å². The normalized spacial score (nSPS) is 10.6. The van der Waals surface area contributed by atoms with Gasteiger partial charge in [0.25, 0.3) is 0 Å². The number of hydrogen-bond acceptors (Lipinski definition) is 3. The first-order valence-corrected chi connectivity index (χ1v) is 8.22. The quantitative estimate of drug-likeness (QED) is 0.583. The summed E-state index contributed by atoms with van der Waals surface area (Å²) in [5.74, 6) is 1.80. The molecule has 1 rings (SSSR count). The molecule has 0 heterocycles. The lowest BCUT2D eigenvalue weighted by molar-refractivity contribution is 0.390. The van der Waals surface area contributed by atoms with Crippen LogP contribution in [0.1, 0.15) is 56.9 Å². The molecule has 1 aromatic rings. The molecule has 0 fully saturated rings. The topological polar surface area (TPSA) is 44.5 Å². The third kappa shape index (κ3) is 7.37. The number of hydrogen-bond donors (Lipinski definition) is 1. The second-order valence-corrected chi connectivity index (χ2v) is 5.54. The highest BCUT2D eigenvalue weighted by atomic mass is 16.5. The van der Waals surface area contributed by atoms with Crippen LogP contribution in [0.4, 0.5) is 0 Å². The zero-order valence-corrected chi connectivity index (χ0v) is 13.7. The van der Waals surface area contributed by atoms with Gasteiger partial charge in [-0.15, -0.1) is 0 Å². The fourth-order valence-corrected chi connectivity index (χ4v) is 2.58. The average Bonchev–Trinajstić information content (AvgIpc) is 2.53. The Bertz CT molecular complexity index is 379. The second kappa shape index (κ2) is 11.4. The van der Waals surface area contributed by atoms with Crippen molar-refractivity contribution in [2.24, 2.45) is 5.73 Å². The van der Waals surface area contributed by atoms with Crippen molar-refractivity contribution in [2.75, 3.05) is 20.8 Å². The van der Waals surface area contributed by atoms with E-state index in [0.717, 1.165) is 24.5 Å². The maximum absolute atomic E-state index is 5.49. The number of unbranched alkanes of at least 4 members (excludes halogenated alkanes) is 7. The van der Waals surface area contributed by atoms with E-state index < -0.39 is 0 Å². The van der Waals surface area contributed by atoms with E-state index in [4.69, 9.17) is 15.2 Å². The molecule has 0 aliphatic rings. The summed E-state index contributed by atoms with van der Waals surface area (Å²) in [5.41, 5.74) is 6.77. The van der Waals surface area contributed by atoms with Crippen LogP contribution >= 0.6 is 0 Å². The van der Waals surface area contributed by atoms with Crippen LogP contribution in [0.2, 0.25) is 0 Å². The van der Waals surface area contributed by atoms with Gasteiger partial charge in [0.05, 0.1) is 14.2 Å². The van der Waals surface area contributed by atoms with Crippen molar-refractivity contribution in [1.29, 1.82) is 0 Å². The van der Waals surface area contributed by atoms with E-state index in [-0.39, 0.29) is 0 Å². The molecule has 3 nitrogen and oxygen atoms in total. The van der Waals surface area contributed by atoms with Crippen molar-refractivity contribution < 1.29 is 9.47 Å². The van der Waals surface area contributed by atoms with Crippen molar-refractivity contribution in [3.63, 3.8) is 0 Å². The smallest absolute Gasteiger partial charge is 0.125 e. The average molecular weight is 293 g/mol. The van der Waals surface area contributed by atoms with Crippen LogP contribution < -0.4 is 15.2 Å². The summed E-state index contributed by atoms with van der Waals surface area (Å²) >= 11 is 0. The van der Waals surface area contributed by atoms with Crippen LogP contribution in [0.5, 0.6) is 11.5 Å². The number of benzene rings is 1. The Hall–Kier alpha value is -1.22. The van der Waals surface area contributed by atoms with Gasteiger partial charge in [-0.25, -0.2) is 0 Å². The minimum Gasteiger partial charge on any atom is -0.497 e. The summed E-state index contributed by atoms with van der Waals surface area (Å²) < 4.78 is 10.7. The molecule has 21 heavy (non-hydrogen) atoms. The van der Waals surface area contributed by atoms with E-state index in [1.54, 1.807) is 14.2 Å². The summed E-state index contributed by atoms with van der Waals surface area (Å²) in [5, 5.41) is 0. The van der Waals surface area contributed by atoms with Gasteiger partial charge in [0.15, 0.2) is 0 Å². The molecular formula is C18H31NO2. The van der Waals surface area contributed by atoms with Crippen LogP contribution in [0.15, 0.2) is 18.2 Å². The van der Waals surface area contributed by atoms with Gasteiger partial charge < -0.3 is 15.2 Å². The summed E-state index contributed by atoms with van der Waals surface area (Å²) in [7, 11) is 3.40. The number of nitrogens with two attached hydrogens (primary N) is 1. The van der Waals surface area contributed by atoms with Crippen molar-refractivity contribution in [3.8, 4) is 11.5 Å². The molecule has 120 valence electrons. The highest BCUT2D eigenvalue weighted by molar-refractivity contribution is 5.40. The lowest BCUT2D eigenvalue weighted by Crippen LogP contribution is -1.97. The molecule has 0 amide bonds. The molecule has 2 N–H and O–H groups in total. The first-order chi connectivity index (χ1) is 10.3. The molecule has 0 unspecified atom stereocenters. The fraction of sp³-hybridized carbons (Fsp3) is 0.667. The van der Waals surface area contributed by atoms with Gasteiger partial charge >= 0.3 is 0 Å². The van der Waals surface area contributed by atoms with E-state index in [1.165, 1.54) is 56.9 Å². The zero-order chi connectivity index (χ0) is 15.3. The molecule has 1 aromatic carbocycles. The maximum atomic E-state index is 5.49. The Kier molecular flexibility index (Phi) is 9.71. The third-order valence-electron chi connectivity index (χ3n) is 3.89. The largest absolute Gasteiger partial charge is 0.497 e. The Morgan fingerprint density at radius 3 is 2.00 bits per heavy atom. The van der Waals surface area contributed by atoms with E-state index in [9.17, 15) is 0 Å². The summed E-state index contributed by atoms with van der Waals surface area (Å²) in [6.07, 6.45) is 11.5. The standard InChI is InChI=1S/C18H31NO2/c1-20-17-13-12-16(18(15-17)21-2)11-9-7-5-3-4-6-8-10-14-19/h12-13,15H,3-11,14,19H2,1-2H3. The predicted molar refractivity (Wildman–Crippen MR) is 89.2 cm³/mol. The Morgan fingerprint density at radius 1 is 0.810 bits per heavy atom. The highest BCUT2D eigenvalue weighted by Crippen LogP contribution is 2.26. The van der Waals surface area contributed by atoms with Gasteiger partial charge in [-0.2, -0.15) is 0 Å². The van der Waals surface area contributed by atoms with E-state index in [2.05, 4.69) is 6.07 Å². The van der Waals surface area contributed by atoms with E-state index in [1.807, 2.05) is 12.1 Å². The van der Waals surface area contributed by atoms with Crippen molar-refractivity contribution >= 4 is 0 Å². The molecule has 0 aliphatic heterocycles. The van der Waals surface area contributed by atoms with Crippen LogP contribution in [0.3, 0.4) is 0 Å². The van der Waals surface area contributed by atoms with Crippen LogP contribution in [0.25, 0.3) is 0 Å². The molecule has 0 spiro atoms. The minimum absolute atomic E-state index is 0.837. The van der Waals surface area contributed by atoms with Crippen molar-refractivity contribution in [2.45, 2.75) is 57.8 Å². The monoisotopic (exact) mass is 293 g/mol. The molecular weight excluding hydrogens is 262 g/mol. The molecule has 0 aromatic heterocycles. The van der Waals surface area contributed by atoms with Crippen molar-refractivity contribution in [3.05, 3.63) is 23.8 Å². The Labute approximate surface area is 129 Å². The number of aryl methyl sites for hydroxylation is 1. The zero-order valence-electron chi connectivity index (χ0n) is 13.7. The minimum atomic E-state index is 0.837. The maximum Gasteiger partial charge on any atom is 0.125 e. The SMILES string of the molecule is COc1ccc(CCCCCCCCCCN)c(OC)c1. The van der Waals surface area contributed by atoms with Gasteiger partial charge in [-0.05, 0) is 37.4 Å². The molecule has 0 radical (unpaired) electrons. The Balaban J connectivity index is 2.15. The fourth-order valence-electron chi connectivity index (χ4n) is 2.58. The van der Waals surface area contributed by atoms with Gasteiger partial charge in [-0.1, -0.05) is 44.6 Å². The number of rotatable bonds is 12. The molecule has 0 saturated carbocycles. The van der Waals surface area contributed by atoms with Crippen LogP contribution in [0, 0.1) is 0 Å². The second-order valence-electron chi connectivity index (χ2n) is 5.54. The van der Waals surface area contributed by atoms with Gasteiger partial charge in [0.1, 0.15) is 11.5 Å². The summed E-state index contributed by atoms with van der Waals surface area (Å²) in [4.78, 5) is 0. The first kappa shape index (κ1) is 17.8. The first-order valence-electron chi connectivity index (χ1n) is 8.22. The third-order valence-corrected chi connectivity index (χ3v) is 3.89. The lowest BCUT2D eigenvalue weighted by Gasteiger charge is -2.10. The lowest BCUT2D eigenvalue weighted by atomic mass is 10.0. The number of methoxy groups -OCH3 is 2. The molecule has 0 aliphatic carbocycles. The molecule has 0 saturated heterocycles. The summed E-state index contributed by atoms with van der Waals surface area (Å²) in [6, 6.07) is 6.09. The number of ether oxygens (including phenoxy) is 2. The van der Waals surface area contributed by atoms with Gasteiger partial charge in [0.2, 0.25) is 0 Å². The van der Waals surface area contributed by atoms with E-state index in [0.29, 0.717) is 0 Å². The molecule has 3 heteroatoms. The Morgan fingerprint density at radius 2 is 1.43 bits per heavy atom. The van der Waals surface area contributed by atoms with Crippen LogP contribution in [-0.4, -0.2) is 20.8 Å². The van der Waals surface area contributed by atoms with Crippen molar-refractivity contribution in [1.82, 2.24) is 0 Å². The highest BCUT2D eigenvalue weighted by Gasteiger charge is 2.04. The molecule has 0 bridgehead atoms. The predicted octanol–water partition coefficient (Wildman–Crippen LogP) is 4.33. The summed E-state index contributed by atoms with van der Waals surface area (Å²) in [6.45, 7) is 0.837. The van der Waals surface area contributed by atoms with Gasteiger partial charge in [0, 0.05) is 6.07 Å². The van der Waals surface area contributed by atoms with Gasteiger partial charge in [-0.3, -0.25) is 0 Å².